The van der Waals surface area contributed by atoms with Gasteiger partial charge in [0.05, 0.1) is 19.3 Å². The molecule has 6 nitrogen and oxygen atoms in total. The van der Waals surface area contributed by atoms with E-state index in [1.54, 1.807) is 4.57 Å². The van der Waals surface area contributed by atoms with Crippen LogP contribution in [0.1, 0.15) is 29.0 Å². The van der Waals surface area contributed by atoms with Gasteiger partial charge in [-0.1, -0.05) is 37.3 Å². The highest BCUT2D eigenvalue weighted by Gasteiger charge is 2.30. The Bertz CT molecular complexity index is 784. The fraction of sp³-hybridized carbons (Fsp3) is 0.333. The molecule has 2 heterocycles. The van der Waals surface area contributed by atoms with Gasteiger partial charge in [0.25, 0.3) is 0 Å². The van der Waals surface area contributed by atoms with Crippen molar-refractivity contribution in [3.8, 4) is 5.75 Å². The lowest BCUT2D eigenvalue weighted by molar-refractivity contribution is 0.0672. The van der Waals surface area contributed by atoms with Gasteiger partial charge in [0, 0.05) is 18.2 Å². The molecule has 0 aliphatic carbocycles. The summed E-state index contributed by atoms with van der Waals surface area (Å²) in [7, 11) is 0. The van der Waals surface area contributed by atoms with Crippen LogP contribution in [0.15, 0.2) is 47.4 Å². The second kappa shape index (κ2) is 6.88. The van der Waals surface area contributed by atoms with Crippen LogP contribution in [0, 0.1) is 5.92 Å². The second-order valence-electron chi connectivity index (χ2n) is 5.93. The summed E-state index contributed by atoms with van der Waals surface area (Å²) in [5.41, 5.74) is 0.299. The predicted octanol–water partition coefficient (Wildman–Crippen LogP) is 2.33. The molecule has 1 aromatic heterocycles. The quantitative estimate of drug-likeness (QED) is 0.911. The van der Waals surface area contributed by atoms with E-state index in [1.165, 1.54) is 12.3 Å². The Morgan fingerprint density at radius 1 is 1.29 bits per heavy atom. The van der Waals surface area contributed by atoms with Crippen molar-refractivity contribution in [1.29, 1.82) is 0 Å². The summed E-state index contributed by atoms with van der Waals surface area (Å²) in [5, 5.41) is 9.63. The van der Waals surface area contributed by atoms with Crippen LogP contribution in [0.5, 0.6) is 5.75 Å². The third-order valence-electron chi connectivity index (χ3n) is 4.20. The van der Waals surface area contributed by atoms with E-state index < -0.39 is 11.4 Å². The van der Waals surface area contributed by atoms with Gasteiger partial charge in [-0.05, 0) is 5.56 Å². The topological polar surface area (TPSA) is 77.8 Å². The summed E-state index contributed by atoms with van der Waals surface area (Å²) in [6.45, 7) is 3.11. The average Bonchev–Trinajstić information content (AvgIpc) is 3.00. The molecule has 2 aromatic rings. The Hall–Kier alpha value is -2.60. The number of pyridine rings is 1. The van der Waals surface area contributed by atoms with E-state index in [0.717, 1.165) is 5.56 Å². The van der Waals surface area contributed by atoms with Gasteiger partial charge in [-0.25, -0.2) is 4.79 Å². The van der Waals surface area contributed by atoms with Crippen LogP contribution in [0.25, 0.3) is 0 Å². The van der Waals surface area contributed by atoms with Crippen LogP contribution >= 0.6 is 0 Å². The standard InChI is InChI=1S/C18H19NO5/c1-12-9-23-11-14(12)19-8-7-15(20)17(16(19)18(21)22)24-10-13-5-3-2-4-6-13/h2-8,12,14H,9-11H2,1H3,(H,21,22). The summed E-state index contributed by atoms with van der Waals surface area (Å²) < 4.78 is 12.6. The van der Waals surface area contributed by atoms with Gasteiger partial charge < -0.3 is 19.1 Å². The van der Waals surface area contributed by atoms with Crippen molar-refractivity contribution in [3.05, 3.63) is 64.1 Å². The number of nitrogens with zero attached hydrogens (tertiary/aromatic N) is 1. The van der Waals surface area contributed by atoms with Gasteiger partial charge in [0.15, 0.2) is 11.4 Å². The van der Waals surface area contributed by atoms with Crippen molar-refractivity contribution in [3.63, 3.8) is 0 Å². The van der Waals surface area contributed by atoms with Crippen LogP contribution in [-0.4, -0.2) is 28.9 Å². The van der Waals surface area contributed by atoms with E-state index in [1.807, 2.05) is 37.3 Å². The molecule has 126 valence electrons. The SMILES string of the molecule is CC1COCC1n1ccc(=O)c(OCc2ccccc2)c1C(=O)O. The minimum atomic E-state index is -1.19. The van der Waals surface area contributed by atoms with Crippen LogP contribution < -0.4 is 10.2 Å². The number of benzene rings is 1. The third-order valence-corrected chi connectivity index (χ3v) is 4.20. The smallest absolute Gasteiger partial charge is 0.356 e. The molecule has 0 spiro atoms. The van der Waals surface area contributed by atoms with Gasteiger partial charge >= 0.3 is 5.97 Å². The zero-order valence-electron chi connectivity index (χ0n) is 13.3. The van der Waals surface area contributed by atoms with Crippen molar-refractivity contribution < 1.29 is 19.4 Å². The first kappa shape index (κ1) is 16.3. The number of aromatic carboxylic acids is 1. The molecule has 2 unspecified atom stereocenters. The maximum atomic E-state index is 12.2. The second-order valence-corrected chi connectivity index (χ2v) is 5.93. The first-order chi connectivity index (χ1) is 11.6. The van der Waals surface area contributed by atoms with Crippen molar-refractivity contribution >= 4 is 5.97 Å². The third kappa shape index (κ3) is 3.19. The molecule has 0 saturated carbocycles. The van der Waals surface area contributed by atoms with Gasteiger partial charge in [-0.15, -0.1) is 0 Å². The molecule has 0 radical (unpaired) electrons. The lowest BCUT2D eigenvalue weighted by Gasteiger charge is -2.22. The number of carbonyl (C=O) groups is 1. The molecule has 1 saturated heterocycles. The zero-order chi connectivity index (χ0) is 17.1. The van der Waals surface area contributed by atoms with Crippen molar-refractivity contribution in [2.75, 3.05) is 13.2 Å². The summed E-state index contributed by atoms with van der Waals surface area (Å²) >= 11 is 0. The molecular weight excluding hydrogens is 310 g/mol. The Morgan fingerprint density at radius 2 is 2.04 bits per heavy atom. The fourth-order valence-corrected chi connectivity index (χ4v) is 2.89. The van der Waals surface area contributed by atoms with Crippen LogP contribution in [-0.2, 0) is 11.3 Å². The number of ether oxygens (including phenoxy) is 2. The fourth-order valence-electron chi connectivity index (χ4n) is 2.89. The van der Waals surface area contributed by atoms with Crippen LogP contribution in [0.4, 0.5) is 0 Å². The number of hydrogen-bond acceptors (Lipinski definition) is 4. The summed E-state index contributed by atoms with van der Waals surface area (Å²) in [4.78, 5) is 24.0. The van der Waals surface area contributed by atoms with E-state index in [9.17, 15) is 14.7 Å². The van der Waals surface area contributed by atoms with Gasteiger partial charge in [-0.3, -0.25) is 4.79 Å². The molecule has 0 amide bonds. The summed E-state index contributed by atoms with van der Waals surface area (Å²) in [5.74, 6) is -1.16. The summed E-state index contributed by atoms with van der Waals surface area (Å²) in [6.07, 6.45) is 1.51. The molecule has 3 rings (SSSR count). The molecule has 1 aromatic carbocycles. The maximum absolute atomic E-state index is 12.2. The molecular formula is C18H19NO5. The Labute approximate surface area is 139 Å². The molecule has 1 N–H and O–H groups in total. The van der Waals surface area contributed by atoms with E-state index >= 15 is 0 Å². The molecule has 24 heavy (non-hydrogen) atoms. The molecule has 6 heteroatoms. The van der Waals surface area contributed by atoms with Gasteiger partial charge in [0.1, 0.15) is 6.61 Å². The number of carboxylic acid groups (broad SMARTS) is 1. The lowest BCUT2D eigenvalue weighted by Crippen LogP contribution is -2.26. The van der Waals surface area contributed by atoms with Gasteiger partial charge in [0.2, 0.25) is 5.43 Å². The zero-order valence-corrected chi connectivity index (χ0v) is 13.3. The van der Waals surface area contributed by atoms with Crippen LogP contribution in [0.3, 0.4) is 0 Å². The first-order valence-corrected chi connectivity index (χ1v) is 7.81. The van der Waals surface area contributed by atoms with E-state index in [4.69, 9.17) is 9.47 Å². The Kier molecular flexibility index (Phi) is 4.66. The van der Waals surface area contributed by atoms with Crippen molar-refractivity contribution in [2.45, 2.75) is 19.6 Å². The van der Waals surface area contributed by atoms with Gasteiger partial charge in [-0.2, -0.15) is 0 Å². The molecule has 2 atom stereocenters. The van der Waals surface area contributed by atoms with E-state index in [0.29, 0.717) is 13.2 Å². The minimum absolute atomic E-state index is 0.124. The molecule has 1 aliphatic heterocycles. The normalized spacial score (nSPS) is 20.0. The highest BCUT2D eigenvalue weighted by Crippen LogP contribution is 2.28. The monoisotopic (exact) mass is 329 g/mol. The number of carboxylic acids is 1. The number of rotatable bonds is 5. The summed E-state index contributed by atoms with van der Waals surface area (Å²) in [6, 6.07) is 10.5. The van der Waals surface area contributed by atoms with Crippen molar-refractivity contribution in [1.82, 2.24) is 4.57 Å². The average molecular weight is 329 g/mol. The molecule has 0 bridgehead atoms. The highest BCUT2D eigenvalue weighted by molar-refractivity contribution is 5.89. The maximum Gasteiger partial charge on any atom is 0.356 e. The van der Waals surface area contributed by atoms with Crippen LogP contribution in [0.2, 0.25) is 0 Å². The van der Waals surface area contributed by atoms with E-state index in [-0.39, 0.29) is 30.0 Å². The Morgan fingerprint density at radius 3 is 2.67 bits per heavy atom. The number of hydrogen-bond donors (Lipinski definition) is 1. The lowest BCUT2D eigenvalue weighted by atomic mass is 10.1. The minimum Gasteiger partial charge on any atom is -0.482 e. The van der Waals surface area contributed by atoms with E-state index in [2.05, 4.69) is 0 Å². The predicted molar refractivity (Wildman–Crippen MR) is 87.5 cm³/mol. The first-order valence-electron chi connectivity index (χ1n) is 7.81. The molecule has 1 fully saturated rings. The largest absolute Gasteiger partial charge is 0.482 e. The molecule has 1 aliphatic rings. The highest BCUT2D eigenvalue weighted by atomic mass is 16.5. The Balaban J connectivity index is 1.98. The van der Waals surface area contributed by atoms with Crippen molar-refractivity contribution in [2.24, 2.45) is 5.92 Å². The number of aromatic nitrogens is 1.